The quantitative estimate of drug-likeness (QED) is 0.788. The predicted octanol–water partition coefficient (Wildman–Crippen LogP) is 2.42. The van der Waals surface area contributed by atoms with Gasteiger partial charge in [0.1, 0.15) is 5.69 Å². The van der Waals surface area contributed by atoms with Gasteiger partial charge in [-0.25, -0.2) is 9.97 Å². The van der Waals surface area contributed by atoms with Crippen molar-refractivity contribution >= 4 is 0 Å². The van der Waals surface area contributed by atoms with E-state index in [0.29, 0.717) is 0 Å². The molecule has 5 heteroatoms. The van der Waals surface area contributed by atoms with Crippen LogP contribution in [0.4, 0.5) is 0 Å². The monoisotopic (exact) mass is 291 g/mol. The van der Waals surface area contributed by atoms with Crippen molar-refractivity contribution in [1.29, 1.82) is 0 Å². The normalized spacial score (nSPS) is 13.9. The molecule has 1 aliphatic rings. The topological polar surface area (TPSA) is 55.6 Å². The number of aryl methyl sites for hydroxylation is 1. The molecule has 0 saturated carbocycles. The molecule has 0 saturated heterocycles. The zero-order valence-electron chi connectivity index (χ0n) is 12.5. The summed E-state index contributed by atoms with van der Waals surface area (Å²) in [5, 5.41) is 3.43. The van der Waals surface area contributed by atoms with Crippen molar-refractivity contribution in [3.63, 3.8) is 0 Å². The SMILES string of the molecule is Cc1cnc(-c2nc(-c3ccccc3)c3n2CCNC3)cn1. The summed E-state index contributed by atoms with van der Waals surface area (Å²) in [6.07, 6.45) is 3.60. The van der Waals surface area contributed by atoms with Gasteiger partial charge in [0.05, 0.1) is 23.3 Å². The lowest BCUT2D eigenvalue weighted by molar-refractivity contribution is 0.520. The van der Waals surface area contributed by atoms with Crippen LogP contribution >= 0.6 is 0 Å². The van der Waals surface area contributed by atoms with Crippen LogP contribution in [0, 0.1) is 6.92 Å². The second kappa shape index (κ2) is 5.35. The zero-order valence-corrected chi connectivity index (χ0v) is 12.5. The van der Waals surface area contributed by atoms with Crippen LogP contribution in [0.1, 0.15) is 11.4 Å². The zero-order chi connectivity index (χ0) is 14.9. The van der Waals surface area contributed by atoms with Crippen LogP contribution in [0.2, 0.25) is 0 Å². The van der Waals surface area contributed by atoms with Gasteiger partial charge < -0.3 is 9.88 Å². The second-order valence-electron chi connectivity index (χ2n) is 5.47. The Labute approximate surface area is 129 Å². The first-order valence-corrected chi connectivity index (χ1v) is 7.47. The number of imidazole rings is 1. The molecule has 0 atom stereocenters. The van der Waals surface area contributed by atoms with Crippen molar-refractivity contribution < 1.29 is 0 Å². The Balaban J connectivity index is 1.89. The molecule has 0 aliphatic carbocycles. The third kappa shape index (κ3) is 2.19. The Morgan fingerprint density at radius 1 is 1.09 bits per heavy atom. The van der Waals surface area contributed by atoms with Crippen LogP contribution in [-0.2, 0) is 13.1 Å². The molecule has 0 unspecified atom stereocenters. The Bertz CT molecular complexity index is 790. The van der Waals surface area contributed by atoms with E-state index in [4.69, 9.17) is 4.98 Å². The molecule has 1 aliphatic heterocycles. The van der Waals surface area contributed by atoms with Crippen molar-refractivity contribution in [3.05, 3.63) is 54.1 Å². The van der Waals surface area contributed by atoms with Gasteiger partial charge in [0, 0.05) is 31.4 Å². The maximum absolute atomic E-state index is 4.88. The number of hydrogen-bond acceptors (Lipinski definition) is 4. The Morgan fingerprint density at radius 3 is 2.73 bits per heavy atom. The summed E-state index contributed by atoms with van der Waals surface area (Å²) in [5.74, 6) is 0.905. The molecule has 110 valence electrons. The Hall–Kier alpha value is -2.53. The minimum absolute atomic E-state index is 0.830. The number of benzene rings is 1. The molecule has 0 amide bonds. The fourth-order valence-corrected chi connectivity index (χ4v) is 2.83. The van der Waals surface area contributed by atoms with E-state index in [2.05, 4.69) is 32.0 Å². The molecular formula is C17H17N5. The van der Waals surface area contributed by atoms with Gasteiger partial charge in [0.2, 0.25) is 0 Å². The van der Waals surface area contributed by atoms with Gasteiger partial charge in [-0.3, -0.25) is 4.98 Å². The molecule has 1 N–H and O–H groups in total. The minimum Gasteiger partial charge on any atom is -0.324 e. The lowest BCUT2D eigenvalue weighted by atomic mass is 10.1. The highest BCUT2D eigenvalue weighted by Gasteiger charge is 2.22. The first-order chi connectivity index (χ1) is 10.8. The minimum atomic E-state index is 0.830. The molecule has 0 bridgehead atoms. The third-order valence-corrected chi connectivity index (χ3v) is 3.93. The number of hydrogen-bond donors (Lipinski definition) is 1. The first-order valence-electron chi connectivity index (χ1n) is 7.47. The van der Waals surface area contributed by atoms with Gasteiger partial charge in [0.15, 0.2) is 5.82 Å². The third-order valence-electron chi connectivity index (χ3n) is 3.93. The van der Waals surface area contributed by atoms with Crippen LogP contribution in [0.15, 0.2) is 42.7 Å². The Morgan fingerprint density at radius 2 is 1.95 bits per heavy atom. The van der Waals surface area contributed by atoms with Crippen molar-refractivity contribution in [3.8, 4) is 22.8 Å². The van der Waals surface area contributed by atoms with Crippen LogP contribution in [0.3, 0.4) is 0 Å². The van der Waals surface area contributed by atoms with E-state index in [1.165, 1.54) is 5.69 Å². The summed E-state index contributed by atoms with van der Waals surface area (Å²) in [6.45, 7) is 4.62. The summed E-state index contributed by atoms with van der Waals surface area (Å²) in [7, 11) is 0. The summed E-state index contributed by atoms with van der Waals surface area (Å²) < 4.78 is 2.26. The molecule has 0 radical (unpaired) electrons. The van der Waals surface area contributed by atoms with Crippen molar-refractivity contribution in [2.45, 2.75) is 20.0 Å². The lowest BCUT2D eigenvalue weighted by Crippen LogP contribution is -2.28. The molecule has 4 rings (SSSR count). The van der Waals surface area contributed by atoms with Gasteiger partial charge in [-0.15, -0.1) is 0 Å². The van der Waals surface area contributed by atoms with Gasteiger partial charge >= 0.3 is 0 Å². The largest absolute Gasteiger partial charge is 0.324 e. The van der Waals surface area contributed by atoms with E-state index < -0.39 is 0 Å². The molecule has 22 heavy (non-hydrogen) atoms. The van der Waals surface area contributed by atoms with Crippen LogP contribution < -0.4 is 5.32 Å². The average Bonchev–Trinajstić information content (AvgIpc) is 2.96. The van der Waals surface area contributed by atoms with Crippen LogP contribution in [0.25, 0.3) is 22.8 Å². The van der Waals surface area contributed by atoms with E-state index in [-0.39, 0.29) is 0 Å². The highest BCUT2D eigenvalue weighted by Crippen LogP contribution is 2.29. The smallest absolute Gasteiger partial charge is 0.161 e. The molecule has 3 heterocycles. The summed E-state index contributed by atoms with van der Waals surface area (Å²) in [4.78, 5) is 13.7. The highest BCUT2D eigenvalue weighted by atomic mass is 15.2. The molecular weight excluding hydrogens is 274 g/mol. The fourth-order valence-electron chi connectivity index (χ4n) is 2.83. The van der Waals surface area contributed by atoms with Gasteiger partial charge in [-0.2, -0.15) is 0 Å². The molecule has 3 aromatic rings. The van der Waals surface area contributed by atoms with Gasteiger partial charge in [-0.05, 0) is 6.92 Å². The average molecular weight is 291 g/mol. The lowest BCUT2D eigenvalue weighted by Gasteiger charge is -2.18. The van der Waals surface area contributed by atoms with E-state index in [9.17, 15) is 0 Å². The van der Waals surface area contributed by atoms with Crippen LogP contribution in [-0.4, -0.2) is 26.1 Å². The van der Waals surface area contributed by atoms with E-state index in [0.717, 1.165) is 48.1 Å². The maximum Gasteiger partial charge on any atom is 0.161 e. The molecule has 0 fully saturated rings. The highest BCUT2D eigenvalue weighted by molar-refractivity contribution is 5.67. The van der Waals surface area contributed by atoms with Gasteiger partial charge in [0.25, 0.3) is 0 Å². The second-order valence-corrected chi connectivity index (χ2v) is 5.47. The van der Waals surface area contributed by atoms with Crippen molar-refractivity contribution in [2.24, 2.45) is 0 Å². The molecule has 0 spiro atoms. The maximum atomic E-state index is 4.88. The number of nitrogens with one attached hydrogen (secondary N) is 1. The van der Waals surface area contributed by atoms with E-state index >= 15 is 0 Å². The Kier molecular flexibility index (Phi) is 3.20. The molecule has 5 nitrogen and oxygen atoms in total. The van der Waals surface area contributed by atoms with Crippen molar-refractivity contribution in [1.82, 2.24) is 24.8 Å². The first kappa shape index (κ1) is 13.2. The van der Waals surface area contributed by atoms with Gasteiger partial charge in [-0.1, -0.05) is 30.3 Å². The van der Waals surface area contributed by atoms with E-state index in [1.54, 1.807) is 6.20 Å². The number of aromatic nitrogens is 4. The summed E-state index contributed by atoms with van der Waals surface area (Å²) in [6, 6.07) is 10.3. The predicted molar refractivity (Wildman–Crippen MR) is 85.1 cm³/mol. The number of nitrogens with zero attached hydrogens (tertiary/aromatic N) is 4. The van der Waals surface area contributed by atoms with Crippen LogP contribution in [0.5, 0.6) is 0 Å². The number of fused-ring (bicyclic) bond motifs is 1. The summed E-state index contributed by atoms with van der Waals surface area (Å²) in [5.41, 5.74) is 5.14. The fraction of sp³-hybridized carbons (Fsp3) is 0.235. The molecule has 2 aromatic heterocycles. The van der Waals surface area contributed by atoms with Crippen molar-refractivity contribution in [2.75, 3.05) is 6.54 Å². The van der Waals surface area contributed by atoms with E-state index in [1.807, 2.05) is 31.3 Å². The number of rotatable bonds is 2. The summed E-state index contributed by atoms with van der Waals surface area (Å²) >= 11 is 0. The molecule has 1 aromatic carbocycles. The standard InChI is InChI=1S/C17H17N5/c1-12-9-20-14(10-19-12)17-21-16(13-5-3-2-4-6-13)15-11-18-7-8-22(15)17/h2-6,9-10,18H,7-8,11H2,1H3.